The first-order valence-electron chi connectivity index (χ1n) is 11.9. The van der Waals surface area contributed by atoms with E-state index in [1.54, 1.807) is 4.90 Å². The van der Waals surface area contributed by atoms with Crippen molar-refractivity contribution in [3.63, 3.8) is 0 Å². The van der Waals surface area contributed by atoms with Crippen LogP contribution in [-0.4, -0.2) is 35.9 Å². The number of hydrogen-bond acceptors (Lipinski definition) is 3. The third kappa shape index (κ3) is 7.77. The van der Waals surface area contributed by atoms with E-state index in [0.717, 1.165) is 29.5 Å². The highest BCUT2D eigenvalue weighted by molar-refractivity contribution is 5.88. The highest BCUT2D eigenvalue weighted by Crippen LogP contribution is 2.16. The maximum Gasteiger partial charge on any atom is 0.261 e. The van der Waals surface area contributed by atoms with Gasteiger partial charge in [-0.05, 0) is 36.6 Å². The van der Waals surface area contributed by atoms with Crippen molar-refractivity contribution in [3.8, 4) is 5.75 Å². The van der Waals surface area contributed by atoms with Gasteiger partial charge in [-0.15, -0.1) is 0 Å². The fourth-order valence-electron chi connectivity index (χ4n) is 3.70. The largest absolute Gasteiger partial charge is 0.484 e. The van der Waals surface area contributed by atoms with Gasteiger partial charge in [0.15, 0.2) is 6.61 Å². The van der Waals surface area contributed by atoms with Crippen molar-refractivity contribution in [2.45, 2.75) is 45.7 Å². The van der Waals surface area contributed by atoms with Crippen molar-refractivity contribution in [2.75, 3.05) is 13.2 Å². The zero-order valence-corrected chi connectivity index (χ0v) is 20.1. The van der Waals surface area contributed by atoms with Crippen molar-refractivity contribution in [3.05, 3.63) is 102 Å². The molecule has 1 unspecified atom stereocenters. The Balaban J connectivity index is 1.86. The second-order valence-electron chi connectivity index (χ2n) is 8.46. The highest BCUT2D eigenvalue weighted by Gasteiger charge is 2.30. The number of ether oxygens (including phenoxy) is 1. The molecule has 0 fully saturated rings. The molecule has 0 radical (unpaired) electrons. The van der Waals surface area contributed by atoms with Crippen molar-refractivity contribution in [1.82, 2.24) is 10.2 Å². The minimum absolute atomic E-state index is 0.136. The molecule has 3 aromatic rings. The summed E-state index contributed by atoms with van der Waals surface area (Å²) in [6.07, 6.45) is 2.31. The van der Waals surface area contributed by atoms with Gasteiger partial charge >= 0.3 is 0 Å². The zero-order valence-electron chi connectivity index (χ0n) is 20.1. The summed E-state index contributed by atoms with van der Waals surface area (Å²) in [5, 5.41) is 3.03. The molecular weight excluding hydrogens is 424 g/mol. The average Bonchev–Trinajstić information content (AvgIpc) is 2.87. The first-order valence-corrected chi connectivity index (χ1v) is 11.9. The number of nitrogens with zero attached hydrogens (tertiary/aromatic N) is 1. The van der Waals surface area contributed by atoms with Crippen LogP contribution in [0.5, 0.6) is 5.75 Å². The van der Waals surface area contributed by atoms with Gasteiger partial charge in [-0.1, -0.05) is 91.7 Å². The van der Waals surface area contributed by atoms with E-state index in [-0.39, 0.29) is 18.4 Å². The molecule has 5 heteroatoms. The van der Waals surface area contributed by atoms with Crippen LogP contribution in [0.3, 0.4) is 0 Å². The normalized spacial score (nSPS) is 11.5. The van der Waals surface area contributed by atoms with E-state index in [0.29, 0.717) is 25.3 Å². The second kappa shape index (κ2) is 13.2. The number of carbonyl (C=O) groups excluding carboxylic acids is 2. The predicted molar refractivity (Wildman–Crippen MR) is 136 cm³/mol. The highest BCUT2D eigenvalue weighted by atomic mass is 16.5. The fourth-order valence-corrected chi connectivity index (χ4v) is 3.70. The molecule has 0 saturated heterocycles. The van der Waals surface area contributed by atoms with E-state index in [2.05, 4.69) is 12.2 Å². The number of carbonyl (C=O) groups is 2. The van der Waals surface area contributed by atoms with Crippen molar-refractivity contribution >= 4 is 11.8 Å². The Labute approximate surface area is 202 Å². The van der Waals surface area contributed by atoms with Gasteiger partial charge in [0.1, 0.15) is 11.8 Å². The van der Waals surface area contributed by atoms with Gasteiger partial charge < -0.3 is 15.0 Å². The van der Waals surface area contributed by atoms with Crippen molar-refractivity contribution in [2.24, 2.45) is 0 Å². The number of rotatable bonds is 12. The SMILES string of the molecule is CCCCNC(=O)C(Cc1ccccc1)N(Cc1ccc(C)cc1)C(=O)COc1ccccc1. The van der Waals surface area contributed by atoms with E-state index in [4.69, 9.17) is 4.74 Å². The van der Waals surface area contributed by atoms with Crippen LogP contribution in [0, 0.1) is 6.92 Å². The smallest absolute Gasteiger partial charge is 0.261 e. The van der Waals surface area contributed by atoms with Gasteiger partial charge in [0, 0.05) is 19.5 Å². The summed E-state index contributed by atoms with van der Waals surface area (Å²) in [4.78, 5) is 28.5. The zero-order chi connectivity index (χ0) is 24.2. The molecule has 3 rings (SSSR count). The lowest BCUT2D eigenvalue weighted by molar-refractivity contribution is -0.142. The molecular formula is C29H34N2O3. The van der Waals surface area contributed by atoms with Gasteiger partial charge in [0.25, 0.3) is 5.91 Å². The summed E-state index contributed by atoms with van der Waals surface area (Å²) in [5.41, 5.74) is 3.12. The lowest BCUT2D eigenvalue weighted by atomic mass is 10.0. The summed E-state index contributed by atoms with van der Waals surface area (Å²) in [7, 11) is 0. The Morgan fingerprint density at radius 3 is 2.18 bits per heavy atom. The Bertz CT molecular complexity index is 1020. The standard InChI is InChI=1S/C29H34N2O3/c1-3-4-19-30-29(33)27(20-24-11-7-5-8-12-24)31(21-25-17-15-23(2)16-18-25)28(32)22-34-26-13-9-6-10-14-26/h5-18,27H,3-4,19-22H2,1-2H3,(H,30,33). The summed E-state index contributed by atoms with van der Waals surface area (Å²) in [5.74, 6) is 0.256. The van der Waals surface area contributed by atoms with E-state index in [9.17, 15) is 9.59 Å². The Kier molecular flexibility index (Phi) is 9.71. The fraction of sp³-hybridized carbons (Fsp3) is 0.310. The third-order valence-electron chi connectivity index (χ3n) is 5.68. The van der Waals surface area contributed by atoms with E-state index in [1.807, 2.05) is 91.9 Å². The number of para-hydroxylation sites is 1. The van der Waals surface area contributed by atoms with Crippen LogP contribution in [0.1, 0.15) is 36.5 Å². The molecule has 34 heavy (non-hydrogen) atoms. The van der Waals surface area contributed by atoms with Gasteiger partial charge in [0.05, 0.1) is 0 Å². The Morgan fingerprint density at radius 1 is 0.882 bits per heavy atom. The molecule has 3 aromatic carbocycles. The maximum atomic E-state index is 13.5. The molecule has 0 aliphatic rings. The summed E-state index contributed by atoms with van der Waals surface area (Å²) in [6, 6.07) is 26.5. The van der Waals surface area contributed by atoms with Crippen LogP contribution in [0.4, 0.5) is 0 Å². The van der Waals surface area contributed by atoms with Crippen molar-refractivity contribution < 1.29 is 14.3 Å². The lowest BCUT2D eigenvalue weighted by Crippen LogP contribution is -2.51. The average molecular weight is 459 g/mol. The Morgan fingerprint density at radius 2 is 1.53 bits per heavy atom. The lowest BCUT2D eigenvalue weighted by Gasteiger charge is -2.31. The number of hydrogen-bond donors (Lipinski definition) is 1. The van der Waals surface area contributed by atoms with Crippen LogP contribution in [0.25, 0.3) is 0 Å². The number of amides is 2. The topological polar surface area (TPSA) is 58.6 Å². The number of unbranched alkanes of at least 4 members (excludes halogenated alkanes) is 1. The Hall–Kier alpha value is -3.60. The molecule has 178 valence electrons. The third-order valence-corrected chi connectivity index (χ3v) is 5.68. The summed E-state index contributed by atoms with van der Waals surface area (Å²) in [6.45, 7) is 4.90. The van der Waals surface area contributed by atoms with Crippen LogP contribution < -0.4 is 10.1 Å². The molecule has 2 amide bonds. The van der Waals surface area contributed by atoms with Crippen LogP contribution in [-0.2, 0) is 22.6 Å². The molecule has 0 bridgehead atoms. The maximum absolute atomic E-state index is 13.5. The molecule has 0 aromatic heterocycles. The molecule has 0 aliphatic heterocycles. The molecule has 1 N–H and O–H groups in total. The minimum Gasteiger partial charge on any atom is -0.484 e. The molecule has 0 heterocycles. The summed E-state index contributed by atoms with van der Waals surface area (Å²) < 4.78 is 5.76. The van der Waals surface area contributed by atoms with Gasteiger partial charge in [0.2, 0.25) is 5.91 Å². The number of nitrogens with one attached hydrogen (secondary N) is 1. The molecule has 5 nitrogen and oxygen atoms in total. The molecule has 1 atom stereocenters. The number of benzene rings is 3. The molecule has 0 saturated carbocycles. The van der Waals surface area contributed by atoms with E-state index >= 15 is 0 Å². The van der Waals surface area contributed by atoms with Gasteiger partial charge in [-0.2, -0.15) is 0 Å². The molecule has 0 spiro atoms. The van der Waals surface area contributed by atoms with Crippen LogP contribution in [0.2, 0.25) is 0 Å². The molecule has 0 aliphatic carbocycles. The second-order valence-corrected chi connectivity index (χ2v) is 8.46. The first-order chi connectivity index (χ1) is 16.6. The predicted octanol–water partition coefficient (Wildman–Crippen LogP) is 4.93. The first kappa shape index (κ1) is 25.0. The van der Waals surface area contributed by atoms with Crippen LogP contribution >= 0.6 is 0 Å². The van der Waals surface area contributed by atoms with Crippen molar-refractivity contribution in [1.29, 1.82) is 0 Å². The van der Waals surface area contributed by atoms with E-state index < -0.39 is 6.04 Å². The van der Waals surface area contributed by atoms with Gasteiger partial charge in [-0.25, -0.2) is 0 Å². The van der Waals surface area contributed by atoms with Gasteiger partial charge in [-0.3, -0.25) is 9.59 Å². The van der Waals surface area contributed by atoms with Crippen LogP contribution in [0.15, 0.2) is 84.9 Å². The number of aryl methyl sites for hydroxylation is 1. The summed E-state index contributed by atoms with van der Waals surface area (Å²) >= 11 is 0. The van der Waals surface area contributed by atoms with E-state index in [1.165, 1.54) is 0 Å². The minimum atomic E-state index is -0.646. The quantitative estimate of drug-likeness (QED) is 0.392. The monoisotopic (exact) mass is 458 g/mol.